The number of amides is 1. The molecule has 2 aromatic heterocycles. The van der Waals surface area contributed by atoms with Gasteiger partial charge in [0.05, 0.1) is 12.0 Å². The van der Waals surface area contributed by atoms with E-state index in [1.54, 1.807) is 12.1 Å². The van der Waals surface area contributed by atoms with E-state index in [0.29, 0.717) is 5.56 Å². The van der Waals surface area contributed by atoms with E-state index < -0.39 is 11.7 Å². The maximum absolute atomic E-state index is 13.7. The van der Waals surface area contributed by atoms with Gasteiger partial charge in [0.2, 0.25) is 0 Å². The smallest absolute Gasteiger partial charge is 0.292 e. The van der Waals surface area contributed by atoms with Crippen molar-refractivity contribution in [3.05, 3.63) is 84.1 Å². The number of nitrogens with zero attached hydrogens (tertiary/aromatic N) is 4. The maximum Gasteiger partial charge on any atom is 0.292 e. The standard InChI is InChI=1S/C28H24FN5O3.ClH/c1-33-9-11-34(12-10-33)20-5-2-4-18(14-20)22-16-24(21-8-7-19(29)15-25(21)35)31-27(23(22)17-30)32-28(36)26-6-3-13-37-26;/h2-8,13-16,35H,9-12H2,1H3,(H,31,32,36);1H. The SMILES string of the molecule is CN1CCN(c2cccc(-c3cc(-c4ccc(F)cc4O)nc(NC(=O)c4ccco4)c3C#N)c2)CC1.Cl. The molecule has 0 bridgehead atoms. The lowest BCUT2D eigenvalue weighted by molar-refractivity contribution is 0.0996. The summed E-state index contributed by atoms with van der Waals surface area (Å²) in [5.41, 5.74) is 2.95. The number of aromatic nitrogens is 1. The molecular formula is C28H25ClFN5O3. The largest absolute Gasteiger partial charge is 0.507 e. The van der Waals surface area contributed by atoms with Crippen LogP contribution in [0.1, 0.15) is 16.1 Å². The minimum Gasteiger partial charge on any atom is -0.507 e. The molecule has 1 fully saturated rings. The zero-order chi connectivity index (χ0) is 25.9. The average Bonchev–Trinajstić information content (AvgIpc) is 3.44. The second-order valence-electron chi connectivity index (χ2n) is 8.82. The molecule has 194 valence electrons. The monoisotopic (exact) mass is 533 g/mol. The highest BCUT2D eigenvalue weighted by Gasteiger charge is 2.21. The Bertz CT molecular complexity index is 1500. The van der Waals surface area contributed by atoms with Crippen LogP contribution in [0.2, 0.25) is 0 Å². The third-order valence-corrected chi connectivity index (χ3v) is 6.37. The number of phenols is 1. The van der Waals surface area contributed by atoms with Gasteiger partial charge in [-0.05, 0) is 55.1 Å². The summed E-state index contributed by atoms with van der Waals surface area (Å²) in [4.78, 5) is 21.8. The number of carbonyl (C=O) groups excluding carboxylic acids is 1. The Morgan fingerprint density at radius 1 is 1.08 bits per heavy atom. The number of hydrogen-bond donors (Lipinski definition) is 2. The second-order valence-corrected chi connectivity index (χ2v) is 8.82. The Kier molecular flexibility index (Phi) is 7.96. The van der Waals surface area contributed by atoms with Crippen molar-refractivity contribution in [2.75, 3.05) is 43.4 Å². The summed E-state index contributed by atoms with van der Waals surface area (Å²) in [5.74, 6) is -1.42. The minimum atomic E-state index is -0.596. The molecule has 10 heteroatoms. The van der Waals surface area contributed by atoms with E-state index in [4.69, 9.17) is 4.42 Å². The van der Waals surface area contributed by atoms with Gasteiger partial charge in [0.25, 0.3) is 5.91 Å². The highest BCUT2D eigenvalue weighted by atomic mass is 35.5. The number of nitrogens with one attached hydrogen (secondary N) is 1. The van der Waals surface area contributed by atoms with E-state index in [1.165, 1.54) is 24.5 Å². The molecule has 1 aliphatic heterocycles. The number of nitriles is 1. The summed E-state index contributed by atoms with van der Waals surface area (Å²) < 4.78 is 18.9. The Labute approximate surface area is 225 Å². The molecule has 38 heavy (non-hydrogen) atoms. The lowest BCUT2D eigenvalue weighted by atomic mass is 9.97. The lowest BCUT2D eigenvalue weighted by Crippen LogP contribution is -2.44. The number of likely N-dealkylation sites (N-methyl/N-ethyl adjacent to an activating group) is 1. The Morgan fingerprint density at radius 3 is 2.55 bits per heavy atom. The van der Waals surface area contributed by atoms with Gasteiger partial charge in [0, 0.05) is 49.1 Å². The second kappa shape index (κ2) is 11.3. The van der Waals surface area contributed by atoms with Crippen LogP contribution in [0, 0.1) is 17.1 Å². The van der Waals surface area contributed by atoms with Crippen LogP contribution in [0.3, 0.4) is 0 Å². The molecule has 0 unspecified atom stereocenters. The summed E-state index contributed by atoms with van der Waals surface area (Å²) in [7, 11) is 2.09. The molecule has 0 atom stereocenters. The van der Waals surface area contributed by atoms with E-state index in [9.17, 15) is 19.6 Å². The molecule has 8 nitrogen and oxygen atoms in total. The zero-order valence-corrected chi connectivity index (χ0v) is 21.3. The molecule has 1 saturated heterocycles. The Hall–Kier alpha value is -4.39. The van der Waals surface area contributed by atoms with Crippen LogP contribution in [0.5, 0.6) is 5.75 Å². The van der Waals surface area contributed by atoms with Crippen LogP contribution < -0.4 is 10.2 Å². The first-order valence-corrected chi connectivity index (χ1v) is 11.8. The number of phenolic OH excluding ortho intramolecular Hbond substituents is 1. The van der Waals surface area contributed by atoms with E-state index in [0.717, 1.165) is 43.5 Å². The first kappa shape index (κ1) is 26.7. The van der Waals surface area contributed by atoms with Crippen molar-refractivity contribution < 1.29 is 18.7 Å². The predicted molar refractivity (Wildman–Crippen MR) is 145 cm³/mol. The van der Waals surface area contributed by atoms with Gasteiger partial charge >= 0.3 is 0 Å². The molecule has 0 radical (unpaired) electrons. The minimum absolute atomic E-state index is 0. The topological polar surface area (TPSA) is 106 Å². The molecule has 0 spiro atoms. The molecule has 3 heterocycles. The number of aromatic hydroxyl groups is 1. The summed E-state index contributed by atoms with van der Waals surface area (Å²) in [6, 6.07) is 18.3. The quantitative estimate of drug-likeness (QED) is 0.365. The van der Waals surface area contributed by atoms with Gasteiger partial charge < -0.3 is 24.6 Å². The number of anilines is 2. The van der Waals surface area contributed by atoms with Crippen LogP contribution in [0.4, 0.5) is 15.9 Å². The van der Waals surface area contributed by atoms with Gasteiger partial charge in [-0.3, -0.25) is 4.79 Å². The van der Waals surface area contributed by atoms with Crippen molar-refractivity contribution in [1.82, 2.24) is 9.88 Å². The van der Waals surface area contributed by atoms with E-state index in [1.807, 2.05) is 24.3 Å². The number of rotatable bonds is 5. The van der Waals surface area contributed by atoms with Crippen molar-refractivity contribution in [3.63, 3.8) is 0 Å². The number of halogens is 2. The van der Waals surface area contributed by atoms with Crippen LogP contribution in [0.15, 0.2) is 71.3 Å². The van der Waals surface area contributed by atoms with Gasteiger partial charge in [-0.15, -0.1) is 12.4 Å². The summed E-state index contributed by atoms with van der Waals surface area (Å²) in [5, 5.41) is 23.2. The highest BCUT2D eigenvalue weighted by molar-refractivity contribution is 6.03. The molecule has 5 rings (SSSR count). The van der Waals surface area contributed by atoms with E-state index in [-0.39, 0.29) is 46.6 Å². The highest BCUT2D eigenvalue weighted by Crippen LogP contribution is 2.37. The Morgan fingerprint density at radius 2 is 1.87 bits per heavy atom. The van der Waals surface area contributed by atoms with Gasteiger partial charge in [-0.2, -0.15) is 5.26 Å². The number of carbonyl (C=O) groups is 1. The predicted octanol–water partition coefficient (Wildman–Crippen LogP) is 5.15. The fourth-order valence-electron chi connectivity index (χ4n) is 4.35. The lowest BCUT2D eigenvalue weighted by Gasteiger charge is -2.34. The zero-order valence-electron chi connectivity index (χ0n) is 20.5. The average molecular weight is 534 g/mol. The van der Waals surface area contributed by atoms with Crippen LogP contribution in [-0.2, 0) is 0 Å². The maximum atomic E-state index is 13.7. The third-order valence-electron chi connectivity index (χ3n) is 6.37. The molecule has 4 aromatic rings. The Balaban J connectivity index is 0.00000336. The van der Waals surface area contributed by atoms with Gasteiger partial charge in [0.15, 0.2) is 11.6 Å². The molecule has 0 aliphatic carbocycles. The normalized spacial score (nSPS) is 13.4. The number of benzene rings is 2. The van der Waals surface area contributed by atoms with Crippen molar-refractivity contribution in [1.29, 1.82) is 5.26 Å². The molecule has 1 aliphatic rings. The fourth-order valence-corrected chi connectivity index (χ4v) is 4.35. The van der Waals surface area contributed by atoms with Crippen LogP contribution >= 0.6 is 12.4 Å². The number of piperazine rings is 1. The summed E-state index contributed by atoms with van der Waals surface area (Å²) in [6.45, 7) is 3.64. The first-order valence-electron chi connectivity index (χ1n) is 11.8. The van der Waals surface area contributed by atoms with Crippen molar-refractivity contribution in [2.24, 2.45) is 0 Å². The number of furan rings is 1. The van der Waals surface area contributed by atoms with Crippen molar-refractivity contribution in [2.45, 2.75) is 0 Å². The molecule has 2 aromatic carbocycles. The summed E-state index contributed by atoms with van der Waals surface area (Å²) >= 11 is 0. The molecule has 1 amide bonds. The number of pyridine rings is 1. The molecule has 0 saturated carbocycles. The van der Waals surface area contributed by atoms with Crippen LogP contribution in [-0.4, -0.2) is 54.1 Å². The molecule has 2 N–H and O–H groups in total. The number of hydrogen-bond acceptors (Lipinski definition) is 7. The van der Waals surface area contributed by atoms with Gasteiger partial charge in [-0.1, -0.05) is 12.1 Å². The van der Waals surface area contributed by atoms with Gasteiger partial charge in [0.1, 0.15) is 23.2 Å². The first-order chi connectivity index (χ1) is 17.9. The summed E-state index contributed by atoms with van der Waals surface area (Å²) in [6.07, 6.45) is 1.37. The van der Waals surface area contributed by atoms with Crippen molar-refractivity contribution in [3.8, 4) is 34.2 Å². The molecular weight excluding hydrogens is 509 g/mol. The van der Waals surface area contributed by atoms with Gasteiger partial charge in [-0.25, -0.2) is 9.37 Å². The third kappa shape index (κ3) is 5.47. The fraction of sp³-hybridized carbons (Fsp3) is 0.179. The van der Waals surface area contributed by atoms with Crippen molar-refractivity contribution >= 4 is 29.8 Å². The van der Waals surface area contributed by atoms with E-state index >= 15 is 0 Å². The van der Waals surface area contributed by atoms with Crippen LogP contribution in [0.25, 0.3) is 22.4 Å². The van der Waals surface area contributed by atoms with E-state index in [2.05, 4.69) is 33.2 Å².